The second-order valence-corrected chi connectivity index (χ2v) is 6.54. The van der Waals surface area contributed by atoms with Gasteiger partial charge in [0.25, 0.3) is 0 Å². The van der Waals surface area contributed by atoms with Crippen molar-refractivity contribution in [2.24, 2.45) is 11.1 Å². The Morgan fingerprint density at radius 1 is 1.53 bits per heavy atom. The zero-order valence-electron chi connectivity index (χ0n) is 10.7. The first-order valence-corrected chi connectivity index (χ1v) is 7.79. The SMILES string of the molecule is CC(c1ccccn1)N1CC(CS(N)(=O)=O)CC1=O. The monoisotopic (exact) mass is 283 g/mol. The lowest BCUT2D eigenvalue weighted by Crippen LogP contribution is -2.30. The Kier molecular flexibility index (Phi) is 3.86. The Morgan fingerprint density at radius 2 is 2.26 bits per heavy atom. The molecule has 19 heavy (non-hydrogen) atoms. The van der Waals surface area contributed by atoms with Crippen LogP contribution in [0.3, 0.4) is 0 Å². The fraction of sp³-hybridized carbons (Fsp3) is 0.500. The summed E-state index contributed by atoms with van der Waals surface area (Å²) < 4.78 is 22.2. The lowest BCUT2D eigenvalue weighted by atomic mass is 10.1. The van der Waals surface area contributed by atoms with Gasteiger partial charge in [-0.1, -0.05) is 6.07 Å². The number of carbonyl (C=O) groups excluding carboxylic acids is 1. The van der Waals surface area contributed by atoms with Crippen molar-refractivity contribution in [1.82, 2.24) is 9.88 Å². The van der Waals surface area contributed by atoms with E-state index in [1.807, 2.05) is 25.1 Å². The summed E-state index contributed by atoms with van der Waals surface area (Å²) in [7, 11) is -3.54. The number of sulfonamides is 1. The van der Waals surface area contributed by atoms with Crippen molar-refractivity contribution in [3.8, 4) is 0 Å². The van der Waals surface area contributed by atoms with Gasteiger partial charge in [0.1, 0.15) is 0 Å². The van der Waals surface area contributed by atoms with Gasteiger partial charge in [-0.3, -0.25) is 9.78 Å². The fourth-order valence-corrected chi connectivity index (χ4v) is 3.29. The van der Waals surface area contributed by atoms with E-state index >= 15 is 0 Å². The standard InChI is InChI=1S/C12H17N3O3S/c1-9(11-4-2-3-5-14-11)15-7-10(6-12(15)16)8-19(13,17)18/h2-5,9-10H,6-8H2,1H3,(H2,13,17,18). The van der Waals surface area contributed by atoms with Crippen molar-refractivity contribution < 1.29 is 13.2 Å². The number of aromatic nitrogens is 1. The molecule has 1 aliphatic heterocycles. The van der Waals surface area contributed by atoms with Gasteiger partial charge >= 0.3 is 0 Å². The molecule has 0 radical (unpaired) electrons. The molecule has 0 bridgehead atoms. The third-order valence-corrected chi connectivity index (χ3v) is 4.23. The summed E-state index contributed by atoms with van der Waals surface area (Å²) >= 11 is 0. The molecule has 2 atom stereocenters. The van der Waals surface area contributed by atoms with Gasteiger partial charge in [-0.15, -0.1) is 0 Å². The first kappa shape index (κ1) is 14.0. The number of pyridine rings is 1. The lowest BCUT2D eigenvalue weighted by molar-refractivity contribution is -0.129. The average Bonchev–Trinajstić information content (AvgIpc) is 2.68. The summed E-state index contributed by atoms with van der Waals surface area (Å²) in [5.41, 5.74) is 0.798. The number of likely N-dealkylation sites (tertiary alicyclic amines) is 1. The van der Waals surface area contributed by atoms with Gasteiger partial charge in [0.15, 0.2) is 0 Å². The highest BCUT2D eigenvalue weighted by Gasteiger charge is 2.35. The molecule has 2 rings (SSSR count). The molecule has 2 unspecified atom stereocenters. The van der Waals surface area contributed by atoms with Crippen molar-refractivity contribution in [3.63, 3.8) is 0 Å². The Hall–Kier alpha value is -1.47. The van der Waals surface area contributed by atoms with E-state index in [-0.39, 0.29) is 30.0 Å². The zero-order valence-corrected chi connectivity index (χ0v) is 11.5. The molecule has 1 aliphatic rings. The maximum absolute atomic E-state index is 11.9. The van der Waals surface area contributed by atoms with Crippen LogP contribution in [-0.4, -0.2) is 36.5 Å². The third kappa shape index (κ3) is 3.51. The minimum absolute atomic E-state index is 0.0493. The molecule has 1 fully saturated rings. The smallest absolute Gasteiger partial charge is 0.223 e. The first-order chi connectivity index (χ1) is 8.87. The number of hydrogen-bond acceptors (Lipinski definition) is 4. The molecule has 0 aromatic carbocycles. The van der Waals surface area contributed by atoms with E-state index in [9.17, 15) is 13.2 Å². The highest BCUT2D eigenvalue weighted by Crippen LogP contribution is 2.27. The second-order valence-electron chi connectivity index (χ2n) is 4.88. The maximum Gasteiger partial charge on any atom is 0.223 e. The number of nitrogens with two attached hydrogens (primary N) is 1. The van der Waals surface area contributed by atoms with E-state index in [2.05, 4.69) is 4.98 Å². The van der Waals surface area contributed by atoms with Crippen LogP contribution in [0, 0.1) is 5.92 Å². The third-order valence-electron chi connectivity index (χ3n) is 3.29. The molecule has 0 saturated carbocycles. The number of amides is 1. The summed E-state index contributed by atoms with van der Waals surface area (Å²) in [6, 6.07) is 5.37. The van der Waals surface area contributed by atoms with Gasteiger partial charge in [0.05, 0.1) is 17.5 Å². The molecule has 1 aromatic rings. The Bertz CT molecular complexity index is 559. The van der Waals surface area contributed by atoms with E-state index in [4.69, 9.17) is 5.14 Å². The average molecular weight is 283 g/mol. The van der Waals surface area contributed by atoms with Gasteiger partial charge in [0, 0.05) is 25.1 Å². The molecule has 0 spiro atoms. The van der Waals surface area contributed by atoms with E-state index in [0.717, 1.165) is 5.69 Å². The van der Waals surface area contributed by atoms with Crippen LogP contribution in [0.25, 0.3) is 0 Å². The van der Waals surface area contributed by atoms with Crippen LogP contribution in [-0.2, 0) is 14.8 Å². The van der Waals surface area contributed by atoms with Gasteiger partial charge in [-0.05, 0) is 19.1 Å². The molecular weight excluding hydrogens is 266 g/mol. The Morgan fingerprint density at radius 3 is 2.84 bits per heavy atom. The highest BCUT2D eigenvalue weighted by atomic mass is 32.2. The summed E-state index contributed by atoms with van der Waals surface area (Å²) in [5.74, 6) is -0.426. The molecular formula is C12H17N3O3S. The van der Waals surface area contributed by atoms with E-state index in [1.54, 1.807) is 11.1 Å². The number of nitrogens with zero attached hydrogens (tertiary/aromatic N) is 2. The minimum Gasteiger partial charge on any atom is -0.334 e. The van der Waals surface area contributed by atoms with Crippen LogP contribution < -0.4 is 5.14 Å². The summed E-state index contributed by atoms with van der Waals surface area (Å²) in [6.45, 7) is 2.30. The molecule has 1 amide bonds. The van der Waals surface area contributed by atoms with Gasteiger partial charge in [-0.25, -0.2) is 13.6 Å². The number of hydrogen-bond donors (Lipinski definition) is 1. The van der Waals surface area contributed by atoms with Crippen LogP contribution in [0.1, 0.15) is 25.1 Å². The molecule has 6 nitrogen and oxygen atoms in total. The van der Waals surface area contributed by atoms with Gasteiger partial charge in [-0.2, -0.15) is 0 Å². The molecule has 7 heteroatoms. The van der Waals surface area contributed by atoms with Crippen LogP contribution in [0.2, 0.25) is 0 Å². The van der Waals surface area contributed by atoms with Gasteiger partial charge < -0.3 is 4.90 Å². The van der Waals surface area contributed by atoms with Crippen LogP contribution >= 0.6 is 0 Å². The van der Waals surface area contributed by atoms with Crippen LogP contribution in [0.15, 0.2) is 24.4 Å². The fourth-order valence-electron chi connectivity index (χ4n) is 2.41. The number of carbonyl (C=O) groups is 1. The van der Waals surface area contributed by atoms with Crippen molar-refractivity contribution >= 4 is 15.9 Å². The Labute approximate surface area is 112 Å². The summed E-state index contributed by atoms with van der Waals surface area (Å²) in [6.07, 6.45) is 1.90. The van der Waals surface area contributed by atoms with Crippen molar-refractivity contribution in [2.45, 2.75) is 19.4 Å². The molecule has 2 heterocycles. The maximum atomic E-state index is 11.9. The quantitative estimate of drug-likeness (QED) is 0.858. The molecule has 2 N–H and O–H groups in total. The lowest BCUT2D eigenvalue weighted by Gasteiger charge is -2.24. The molecule has 1 aromatic heterocycles. The molecule has 0 aliphatic carbocycles. The first-order valence-electron chi connectivity index (χ1n) is 6.07. The normalized spacial score (nSPS) is 21.7. The Balaban J connectivity index is 2.08. The van der Waals surface area contributed by atoms with E-state index in [0.29, 0.717) is 6.54 Å². The van der Waals surface area contributed by atoms with Crippen molar-refractivity contribution in [1.29, 1.82) is 0 Å². The van der Waals surface area contributed by atoms with Crippen LogP contribution in [0.4, 0.5) is 0 Å². The summed E-state index contributed by atoms with van der Waals surface area (Å²) in [5, 5.41) is 5.02. The number of primary sulfonamides is 1. The zero-order chi connectivity index (χ0) is 14.0. The number of rotatable bonds is 4. The van der Waals surface area contributed by atoms with E-state index in [1.165, 1.54) is 0 Å². The highest BCUT2D eigenvalue weighted by molar-refractivity contribution is 7.89. The largest absolute Gasteiger partial charge is 0.334 e. The molecule has 104 valence electrons. The van der Waals surface area contributed by atoms with Gasteiger partial charge in [0.2, 0.25) is 15.9 Å². The van der Waals surface area contributed by atoms with Crippen molar-refractivity contribution in [3.05, 3.63) is 30.1 Å². The molecule has 1 saturated heterocycles. The van der Waals surface area contributed by atoms with Crippen molar-refractivity contribution in [2.75, 3.05) is 12.3 Å². The summed E-state index contributed by atoms with van der Waals surface area (Å²) in [4.78, 5) is 17.8. The predicted octanol–water partition coefficient (Wildman–Crippen LogP) is 0.280. The van der Waals surface area contributed by atoms with Crippen LogP contribution in [0.5, 0.6) is 0 Å². The predicted molar refractivity (Wildman–Crippen MR) is 70.4 cm³/mol. The topological polar surface area (TPSA) is 93.4 Å². The minimum atomic E-state index is -3.54. The second kappa shape index (κ2) is 5.26. The van der Waals surface area contributed by atoms with E-state index < -0.39 is 10.0 Å².